The molecule has 0 aliphatic rings. The molecule has 0 bridgehead atoms. The minimum absolute atomic E-state index is 0.619. The maximum atomic E-state index is 4.53. The summed E-state index contributed by atoms with van der Waals surface area (Å²) >= 11 is 0. The van der Waals surface area contributed by atoms with Crippen molar-refractivity contribution in [2.45, 2.75) is 13.8 Å². The second-order valence-electron chi connectivity index (χ2n) is 4.09. The second-order valence-corrected chi connectivity index (χ2v) is 4.09. The van der Waals surface area contributed by atoms with E-state index in [0.717, 1.165) is 17.3 Å². The number of rotatable bonds is 2. The molecule has 3 aromatic rings. The van der Waals surface area contributed by atoms with Crippen molar-refractivity contribution < 1.29 is 0 Å². The number of hydrogen-bond acceptors (Lipinski definition) is 4. The highest BCUT2D eigenvalue weighted by molar-refractivity contribution is 5.28. The second kappa shape index (κ2) is 3.80. The van der Waals surface area contributed by atoms with Gasteiger partial charge in [0.25, 0.3) is 5.95 Å². The zero-order valence-electron chi connectivity index (χ0n) is 10.4. The Bertz CT molecular complexity index is 674. The Morgan fingerprint density at radius 1 is 1.17 bits per heavy atom. The molecule has 18 heavy (non-hydrogen) atoms. The first kappa shape index (κ1) is 10.7. The van der Waals surface area contributed by atoms with Crippen molar-refractivity contribution in [3.05, 3.63) is 36.2 Å². The van der Waals surface area contributed by atoms with Crippen LogP contribution < -0.4 is 0 Å². The van der Waals surface area contributed by atoms with Crippen LogP contribution in [0.4, 0.5) is 0 Å². The molecule has 0 aliphatic carbocycles. The lowest BCUT2D eigenvalue weighted by atomic mass is 10.4. The molecule has 92 valence electrons. The molecule has 0 saturated heterocycles. The molecule has 3 aromatic heterocycles. The zero-order chi connectivity index (χ0) is 12.7. The molecular formula is C11H13N7. The predicted molar refractivity (Wildman–Crippen MR) is 64.7 cm³/mol. The topological polar surface area (TPSA) is 66.3 Å². The summed E-state index contributed by atoms with van der Waals surface area (Å²) < 4.78 is 5.48. The number of nitrogens with zero attached hydrogens (tertiary/aromatic N) is 7. The van der Waals surface area contributed by atoms with Crippen LogP contribution in [0.1, 0.15) is 11.4 Å². The third-order valence-electron chi connectivity index (χ3n) is 3.05. The molecule has 0 atom stereocenters. The molecule has 3 heterocycles. The van der Waals surface area contributed by atoms with Gasteiger partial charge in [-0.25, -0.2) is 14.2 Å². The van der Waals surface area contributed by atoms with Crippen LogP contribution in [0.25, 0.3) is 11.9 Å². The molecule has 7 nitrogen and oxygen atoms in total. The SMILES string of the molecule is Cc1nc(-n2cnnc2-n2cccn2)n(C)c1C. The lowest BCUT2D eigenvalue weighted by Gasteiger charge is -2.06. The predicted octanol–water partition coefficient (Wildman–Crippen LogP) is 0.803. The fraction of sp³-hybridized carbons (Fsp3) is 0.273. The number of imidazole rings is 1. The Balaban J connectivity index is 2.19. The maximum Gasteiger partial charge on any atom is 0.258 e. The summed E-state index contributed by atoms with van der Waals surface area (Å²) in [6.45, 7) is 4.01. The molecular weight excluding hydrogens is 230 g/mol. The summed E-state index contributed by atoms with van der Waals surface area (Å²) in [5.41, 5.74) is 2.11. The standard InChI is InChI=1S/C11H13N7/c1-8-9(2)16(3)10(14-8)17-7-12-15-11(17)18-6-4-5-13-18/h4-7H,1-3H3. The van der Waals surface area contributed by atoms with Crippen molar-refractivity contribution in [3.63, 3.8) is 0 Å². The first-order chi connectivity index (χ1) is 8.68. The van der Waals surface area contributed by atoms with E-state index in [0.29, 0.717) is 5.95 Å². The molecule has 0 amide bonds. The monoisotopic (exact) mass is 243 g/mol. The van der Waals surface area contributed by atoms with Gasteiger partial charge in [-0.2, -0.15) is 5.10 Å². The zero-order valence-corrected chi connectivity index (χ0v) is 10.4. The Morgan fingerprint density at radius 2 is 2.00 bits per heavy atom. The average Bonchev–Trinajstić information content (AvgIpc) is 3.05. The molecule has 0 aromatic carbocycles. The van der Waals surface area contributed by atoms with Gasteiger partial charge >= 0.3 is 0 Å². The van der Waals surface area contributed by atoms with Gasteiger partial charge in [0.15, 0.2) is 0 Å². The number of aryl methyl sites for hydroxylation is 1. The minimum Gasteiger partial charge on any atom is -0.317 e. The summed E-state index contributed by atoms with van der Waals surface area (Å²) in [5.74, 6) is 1.40. The summed E-state index contributed by atoms with van der Waals surface area (Å²) in [6, 6.07) is 1.84. The van der Waals surface area contributed by atoms with E-state index in [4.69, 9.17) is 0 Å². The molecule has 0 radical (unpaired) electrons. The van der Waals surface area contributed by atoms with E-state index in [1.807, 2.05) is 42.3 Å². The summed E-state index contributed by atoms with van der Waals surface area (Å²) in [4.78, 5) is 4.53. The Labute approximate surface area is 104 Å². The van der Waals surface area contributed by atoms with E-state index >= 15 is 0 Å². The van der Waals surface area contributed by atoms with Crippen molar-refractivity contribution >= 4 is 0 Å². The van der Waals surface area contributed by atoms with Gasteiger partial charge in [-0.15, -0.1) is 10.2 Å². The van der Waals surface area contributed by atoms with Gasteiger partial charge < -0.3 is 4.57 Å². The van der Waals surface area contributed by atoms with E-state index in [2.05, 4.69) is 20.3 Å². The van der Waals surface area contributed by atoms with E-state index < -0.39 is 0 Å². The quantitative estimate of drug-likeness (QED) is 0.668. The molecule has 0 aliphatic heterocycles. The van der Waals surface area contributed by atoms with Crippen LogP contribution in [0.3, 0.4) is 0 Å². The molecule has 0 saturated carbocycles. The molecule has 0 fully saturated rings. The maximum absolute atomic E-state index is 4.53. The van der Waals surface area contributed by atoms with E-state index in [1.54, 1.807) is 17.2 Å². The van der Waals surface area contributed by atoms with Gasteiger partial charge in [-0.3, -0.25) is 0 Å². The highest BCUT2D eigenvalue weighted by Gasteiger charge is 2.15. The Kier molecular flexibility index (Phi) is 2.26. The van der Waals surface area contributed by atoms with Crippen LogP contribution in [-0.4, -0.2) is 34.1 Å². The van der Waals surface area contributed by atoms with Crippen molar-refractivity contribution in [2.24, 2.45) is 7.05 Å². The smallest absolute Gasteiger partial charge is 0.258 e. The fourth-order valence-corrected chi connectivity index (χ4v) is 1.83. The van der Waals surface area contributed by atoms with Crippen molar-refractivity contribution in [2.75, 3.05) is 0 Å². The minimum atomic E-state index is 0.619. The van der Waals surface area contributed by atoms with Crippen molar-refractivity contribution in [3.8, 4) is 11.9 Å². The number of aromatic nitrogens is 7. The third kappa shape index (κ3) is 1.44. The van der Waals surface area contributed by atoms with Crippen LogP contribution in [-0.2, 0) is 7.05 Å². The largest absolute Gasteiger partial charge is 0.317 e. The van der Waals surface area contributed by atoms with Gasteiger partial charge in [0.05, 0.1) is 5.69 Å². The van der Waals surface area contributed by atoms with Gasteiger partial charge in [0.1, 0.15) is 6.33 Å². The first-order valence-corrected chi connectivity index (χ1v) is 5.59. The lowest BCUT2D eigenvalue weighted by molar-refractivity contribution is 0.736. The normalized spacial score (nSPS) is 11.1. The molecule has 0 unspecified atom stereocenters. The Morgan fingerprint density at radius 3 is 2.61 bits per heavy atom. The van der Waals surface area contributed by atoms with Gasteiger partial charge in [-0.1, -0.05) is 0 Å². The summed E-state index contributed by atoms with van der Waals surface area (Å²) in [5, 5.41) is 12.2. The van der Waals surface area contributed by atoms with Gasteiger partial charge in [0, 0.05) is 25.1 Å². The van der Waals surface area contributed by atoms with Crippen molar-refractivity contribution in [1.82, 2.24) is 34.1 Å². The van der Waals surface area contributed by atoms with Crippen LogP contribution in [0.15, 0.2) is 24.8 Å². The Hall–Kier alpha value is -2.44. The van der Waals surface area contributed by atoms with Crippen LogP contribution in [0, 0.1) is 13.8 Å². The highest BCUT2D eigenvalue weighted by atomic mass is 15.5. The first-order valence-electron chi connectivity index (χ1n) is 5.59. The highest BCUT2D eigenvalue weighted by Crippen LogP contribution is 2.14. The van der Waals surface area contributed by atoms with Crippen LogP contribution >= 0.6 is 0 Å². The van der Waals surface area contributed by atoms with Crippen LogP contribution in [0.2, 0.25) is 0 Å². The fourth-order valence-electron chi connectivity index (χ4n) is 1.83. The molecule has 0 spiro atoms. The van der Waals surface area contributed by atoms with Crippen LogP contribution in [0.5, 0.6) is 0 Å². The average molecular weight is 243 g/mol. The molecule has 7 heteroatoms. The van der Waals surface area contributed by atoms with E-state index in [-0.39, 0.29) is 0 Å². The summed E-state index contributed by atoms with van der Waals surface area (Å²) in [6.07, 6.45) is 5.16. The van der Waals surface area contributed by atoms with Gasteiger partial charge in [-0.05, 0) is 19.9 Å². The number of hydrogen-bond donors (Lipinski definition) is 0. The van der Waals surface area contributed by atoms with E-state index in [9.17, 15) is 0 Å². The van der Waals surface area contributed by atoms with Gasteiger partial charge in [0.2, 0.25) is 5.95 Å². The summed E-state index contributed by atoms with van der Waals surface area (Å²) in [7, 11) is 1.97. The molecule has 0 N–H and O–H groups in total. The lowest BCUT2D eigenvalue weighted by Crippen LogP contribution is -2.09. The van der Waals surface area contributed by atoms with E-state index in [1.165, 1.54) is 0 Å². The molecule has 3 rings (SSSR count). The van der Waals surface area contributed by atoms with Crippen molar-refractivity contribution in [1.29, 1.82) is 0 Å². The third-order valence-corrected chi connectivity index (χ3v) is 3.05.